The minimum atomic E-state index is -0.853. The summed E-state index contributed by atoms with van der Waals surface area (Å²) in [5.74, 6) is 1.16. The van der Waals surface area contributed by atoms with Crippen LogP contribution in [0, 0.1) is 11.3 Å². The second-order valence-electron chi connectivity index (χ2n) is 9.42. The lowest BCUT2D eigenvalue weighted by Gasteiger charge is -2.40. The summed E-state index contributed by atoms with van der Waals surface area (Å²) < 4.78 is 10.7. The second kappa shape index (κ2) is 9.16. The number of benzene rings is 1. The zero-order chi connectivity index (χ0) is 22.6. The van der Waals surface area contributed by atoms with Crippen molar-refractivity contribution < 1.29 is 23.9 Å². The van der Waals surface area contributed by atoms with Gasteiger partial charge in [0, 0.05) is 6.07 Å². The predicted molar refractivity (Wildman–Crippen MR) is 116 cm³/mol. The van der Waals surface area contributed by atoms with Gasteiger partial charge in [-0.3, -0.25) is 14.5 Å². The minimum absolute atomic E-state index is 0.180. The van der Waals surface area contributed by atoms with Crippen LogP contribution >= 0.6 is 0 Å². The molecule has 0 bridgehead atoms. The lowest BCUT2D eigenvalue weighted by Crippen LogP contribution is -2.51. The number of carbonyl (C=O) groups excluding carboxylic acids is 3. The van der Waals surface area contributed by atoms with Crippen molar-refractivity contribution in [3.63, 3.8) is 0 Å². The van der Waals surface area contributed by atoms with Crippen LogP contribution in [-0.2, 0) is 9.59 Å². The number of hydrogen-bond acceptors (Lipinski definition) is 5. The van der Waals surface area contributed by atoms with Crippen molar-refractivity contribution in [2.75, 3.05) is 26.8 Å². The van der Waals surface area contributed by atoms with E-state index in [1.165, 1.54) is 0 Å². The third-order valence-corrected chi connectivity index (χ3v) is 6.35. The molecule has 1 aromatic rings. The standard InChI is InChI=1S/C23H33N3O5/c1-22(2,3)16-8-10-23(11-9-16)20(28)26(21(29)25-23)15-19(27)24-12-13-31-18-7-5-6-17(14-18)30-4/h5-7,14,16H,8-13,15H2,1-4H3,(H,24,27)(H,25,29). The van der Waals surface area contributed by atoms with Crippen LogP contribution in [0.15, 0.2) is 24.3 Å². The average Bonchev–Trinajstić information content (AvgIpc) is 2.95. The smallest absolute Gasteiger partial charge is 0.325 e. The molecule has 0 radical (unpaired) electrons. The number of imide groups is 1. The molecular formula is C23H33N3O5. The summed E-state index contributed by atoms with van der Waals surface area (Å²) in [6.45, 7) is 6.86. The van der Waals surface area contributed by atoms with Gasteiger partial charge in [0.25, 0.3) is 5.91 Å². The van der Waals surface area contributed by atoms with E-state index in [0.717, 1.165) is 17.7 Å². The summed E-state index contributed by atoms with van der Waals surface area (Å²) in [5, 5.41) is 5.57. The normalized spacial score (nSPS) is 23.6. The molecule has 2 N–H and O–H groups in total. The molecule has 1 saturated carbocycles. The van der Waals surface area contributed by atoms with E-state index in [4.69, 9.17) is 9.47 Å². The van der Waals surface area contributed by atoms with Crippen molar-refractivity contribution in [1.82, 2.24) is 15.5 Å². The molecule has 1 aromatic carbocycles. The van der Waals surface area contributed by atoms with Crippen LogP contribution in [0.25, 0.3) is 0 Å². The van der Waals surface area contributed by atoms with Gasteiger partial charge in [-0.25, -0.2) is 4.79 Å². The largest absolute Gasteiger partial charge is 0.497 e. The zero-order valence-corrected chi connectivity index (χ0v) is 18.8. The van der Waals surface area contributed by atoms with E-state index in [2.05, 4.69) is 31.4 Å². The lowest BCUT2D eigenvalue weighted by molar-refractivity contribution is -0.136. The molecule has 31 heavy (non-hydrogen) atoms. The average molecular weight is 432 g/mol. The van der Waals surface area contributed by atoms with E-state index in [1.807, 2.05) is 12.1 Å². The fourth-order valence-electron chi connectivity index (χ4n) is 4.39. The van der Waals surface area contributed by atoms with Crippen LogP contribution in [0.1, 0.15) is 46.5 Å². The summed E-state index contributed by atoms with van der Waals surface area (Å²) in [6.07, 6.45) is 3.01. The van der Waals surface area contributed by atoms with Crippen molar-refractivity contribution in [2.24, 2.45) is 11.3 Å². The Morgan fingerprint density at radius 1 is 1.23 bits per heavy atom. The van der Waals surface area contributed by atoms with Crippen LogP contribution in [0.5, 0.6) is 11.5 Å². The maximum atomic E-state index is 13.0. The van der Waals surface area contributed by atoms with Gasteiger partial charge in [0.2, 0.25) is 5.91 Å². The van der Waals surface area contributed by atoms with Crippen molar-refractivity contribution in [3.8, 4) is 11.5 Å². The molecule has 1 heterocycles. The first-order valence-corrected chi connectivity index (χ1v) is 10.8. The fourth-order valence-corrected chi connectivity index (χ4v) is 4.39. The van der Waals surface area contributed by atoms with Crippen LogP contribution in [-0.4, -0.2) is 55.1 Å². The Bertz CT molecular complexity index is 825. The van der Waals surface area contributed by atoms with E-state index in [-0.39, 0.29) is 31.0 Å². The monoisotopic (exact) mass is 431 g/mol. The van der Waals surface area contributed by atoms with E-state index in [9.17, 15) is 14.4 Å². The molecule has 1 aliphatic heterocycles. The van der Waals surface area contributed by atoms with Crippen LogP contribution in [0.2, 0.25) is 0 Å². The highest BCUT2D eigenvalue weighted by molar-refractivity contribution is 6.09. The third kappa shape index (κ3) is 5.29. The number of ether oxygens (including phenoxy) is 2. The molecule has 8 nitrogen and oxygen atoms in total. The van der Waals surface area contributed by atoms with Gasteiger partial charge in [-0.05, 0) is 49.1 Å². The topological polar surface area (TPSA) is 97.0 Å². The first-order chi connectivity index (χ1) is 14.6. The second-order valence-corrected chi connectivity index (χ2v) is 9.42. The van der Waals surface area contributed by atoms with Crippen LogP contribution < -0.4 is 20.1 Å². The molecule has 0 aromatic heterocycles. The van der Waals surface area contributed by atoms with Crippen molar-refractivity contribution >= 4 is 17.8 Å². The fraction of sp³-hybridized carbons (Fsp3) is 0.609. The predicted octanol–water partition coefficient (Wildman–Crippen LogP) is 2.72. The zero-order valence-electron chi connectivity index (χ0n) is 18.8. The summed E-state index contributed by atoms with van der Waals surface area (Å²) >= 11 is 0. The maximum Gasteiger partial charge on any atom is 0.325 e. The van der Waals surface area contributed by atoms with Gasteiger partial charge in [-0.1, -0.05) is 26.8 Å². The Balaban J connectivity index is 1.46. The summed E-state index contributed by atoms with van der Waals surface area (Å²) in [5.41, 5.74) is -0.672. The molecule has 2 fully saturated rings. The van der Waals surface area contributed by atoms with Gasteiger partial charge in [-0.2, -0.15) is 0 Å². The number of methoxy groups -OCH3 is 1. The van der Waals surface area contributed by atoms with Crippen LogP contribution in [0.3, 0.4) is 0 Å². The molecule has 170 valence electrons. The number of rotatable bonds is 7. The molecule has 2 aliphatic rings. The summed E-state index contributed by atoms with van der Waals surface area (Å²) in [4.78, 5) is 38.7. The van der Waals surface area contributed by atoms with Gasteiger partial charge < -0.3 is 20.1 Å². The molecule has 1 saturated heterocycles. The quantitative estimate of drug-likeness (QED) is 0.511. The van der Waals surface area contributed by atoms with Gasteiger partial charge in [0.05, 0.1) is 13.7 Å². The number of nitrogens with one attached hydrogen (secondary N) is 2. The number of urea groups is 1. The molecule has 1 spiro atoms. The van der Waals surface area contributed by atoms with Crippen LogP contribution in [0.4, 0.5) is 4.79 Å². The van der Waals surface area contributed by atoms with Crippen molar-refractivity contribution in [2.45, 2.75) is 52.0 Å². The van der Waals surface area contributed by atoms with Crippen molar-refractivity contribution in [1.29, 1.82) is 0 Å². The van der Waals surface area contributed by atoms with E-state index >= 15 is 0 Å². The number of amides is 4. The summed E-state index contributed by atoms with van der Waals surface area (Å²) in [6, 6.07) is 6.69. The molecule has 0 unspecified atom stereocenters. The minimum Gasteiger partial charge on any atom is -0.497 e. The van der Waals surface area contributed by atoms with Gasteiger partial charge >= 0.3 is 6.03 Å². The molecule has 8 heteroatoms. The highest BCUT2D eigenvalue weighted by Crippen LogP contribution is 2.43. The van der Waals surface area contributed by atoms with E-state index in [0.29, 0.717) is 30.3 Å². The SMILES string of the molecule is COc1cccc(OCCNC(=O)CN2C(=O)NC3(CCC(C(C)(C)C)CC3)C2=O)c1. The summed E-state index contributed by atoms with van der Waals surface area (Å²) in [7, 11) is 1.58. The Morgan fingerprint density at radius 3 is 2.55 bits per heavy atom. The van der Waals surface area contributed by atoms with Gasteiger partial charge in [0.1, 0.15) is 30.2 Å². The number of hydrogen-bond donors (Lipinski definition) is 2. The van der Waals surface area contributed by atoms with Gasteiger partial charge in [0.15, 0.2) is 0 Å². The Labute approximate surface area is 183 Å². The van der Waals surface area contributed by atoms with E-state index in [1.54, 1.807) is 19.2 Å². The number of carbonyl (C=O) groups is 3. The molecule has 3 rings (SSSR count). The Morgan fingerprint density at radius 2 is 1.90 bits per heavy atom. The Kier molecular flexibility index (Phi) is 6.77. The molecule has 0 atom stereocenters. The van der Waals surface area contributed by atoms with Crippen molar-refractivity contribution in [3.05, 3.63) is 24.3 Å². The molecule has 4 amide bonds. The highest BCUT2D eigenvalue weighted by Gasteiger charge is 2.53. The van der Waals surface area contributed by atoms with Gasteiger partial charge in [-0.15, -0.1) is 0 Å². The maximum absolute atomic E-state index is 13.0. The highest BCUT2D eigenvalue weighted by atomic mass is 16.5. The molecule has 1 aliphatic carbocycles. The molecular weight excluding hydrogens is 398 g/mol. The number of nitrogens with zero attached hydrogens (tertiary/aromatic N) is 1. The Hall–Kier alpha value is -2.77. The lowest BCUT2D eigenvalue weighted by atomic mass is 9.67. The first kappa shape index (κ1) is 22.9. The van der Waals surface area contributed by atoms with E-state index < -0.39 is 17.5 Å². The first-order valence-electron chi connectivity index (χ1n) is 10.8. The third-order valence-electron chi connectivity index (χ3n) is 6.35.